The third-order valence-electron chi connectivity index (χ3n) is 7.37. The van der Waals surface area contributed by atoms with Crippen LogP contribution in [0.15, 0.2) is 42.6 Å². The molecule has 2 aromatic carbocycles. The molecular weight excluding hydrogens is 473 g/mol. The fraction of sp³-hybridized carbons (Fsp3) is 0.400. The van der Waals surface area contributed by atoms with E-state index in [-0.39, 0.29) is 32.2 Å². The van der Waals surface area contributed by atoms with E-state index in [1.165, 1.54) is 23.6 Å². The van der Waals surface area contributed by atoms with Gasteiger partial charge in [-0.3, -0.25) is 0 Å². The smallest absolute Gasteiger partial charge is 0.213 e. The average Bonchev–Trinajstić information content (AvgIpc) is 3.58. The van der Waals surface area contributed by atoms with Gasteiger partial charge in [0.25, 0.3) is 0 Å². The molecule has 2 atom stereocenters. The zero-order valence-corrected chi connectivity index (χ0v) is 21.6. The molecule has 5 rings (SSSR count). The molecule has 0 saturated heterocycles. The summed E-state index contributed by atoms with van der Waals surface area (Å²) in [6.45, 7) is 7.73. The second-order valence-corrected chi connectivity index (χ2v) is 10.5. The van der Waals surface area contributed by atoms with Crippen LogP contribution in [0.25, 0.3) is 11.1 Å². The number of ether oxygens (including phenoxy) is 2. The largest absolute Gasteiger partial charge is 0.493 e. The number of benzene rings is 2. The molecule has 2 N–H and O–H groups in total. The molecule has 2 aliphatic carbocycles. The summed E-state index contributed by atoms with van der Waals surface area (Å²) in [5.74, 6) is 2.38. The van der Waals surface area contributed by atoms with E-state index < -0.39 is 5.41 Å². The first-order valence-electron chi connectivity index (χ1n) is 12.5. The van der Waals surface area contributed by atoms with Gasteiger partial charge in [-0.25, -0.2) is 9.37 Å². The number of aliphatic hydroxyl groups is 2. The van der Waals surface area contributed by atoms with Gasteiger partial charge in [0, 0.05) is 23.2 Å². The van der Waals surface area contributed by atoms with Crippen LogP contribution in [-0.4, -0.2) is 41.8 Å². The molecule has 0 radical (unpaired) electrons. The quantitative estimate of drug-likeness (QED) is 0.427. The number of pyridine rings is 1. The van der Waals surface area contributed by atoms with Crippen molar-refractivity contribution < 1.29 is 28.9 Å². The second-order valence-electron chi connectivity index (χ2n) is 10.5. The van der Waals surface area contributed by atoms with Crippen LogP contribution in [-0.2, 0) is 17.8 Å². The van der Waals surface area contributed by atoms with Gasteiger partial charge in [-0.05, 0) is 96.2 Å². The van der Waals surface area contributed by atoms with E-state index in [0.717, 1.165) is 34.6 Å². The van der Waals surface area contributed by atoms with Crippen LogP contribution >= 0.6 is 0 Å². The van der Waals surface area contributed by atoms with Crippen LogP contribution < -0.4 is 9.47 Å². The molecule has 3 aromatic rings. The number of nitrogens with zero attached hydrogens (tertiary/aromatic N) is 1. The minimum absolute atomic E-state index is 0.110. The molecule has 0 bridgehead atoms. The number of aromatic nitrogens is 1. The predicted octanol–water partition coefficient (Wildman–Crippen LogP) is 4.93. The average molecular weight is 508 g/mol. The summed E-state index contributed by atoms with van der Waals surface area (Å²) in [6.07, 6.45) is 4.30. The molecule has 2 unspecified atom stereocenters. The highest BCUT2D eigenvalue weighted by Crippen LogP contribution is 2.56. The summed E-state index contributed by atoms with van der Waals surface area (Å²) in [7, 11) is 0. The molecule has 0 aliphatic heterocycles. The van der Waals surface area contributed by atoms with E-state index >= 15 is 0 Å². The van der Waals surface area contributed by atoms with E-state index in [1.54, 1.807) is 13.0 Å². The zero-order chi connectivity index (χ0) is 26.7. The second kappa shape index (κ2) is 11.0. The number of hydrogen-bond acceptors (Lipinski definition) is 6. The van der Waals surface area contributed by atoms with E-state index in [2.05, 4.69) is 4.98 Å². The topological polar surface area (TPSA) is 88.9 Å². The van der Waals surface area contributed by atoms with Gasteiger partial charge in [0.1, 0.15) is 25.0 Å². The fourth-order valence-corrected chi connectivity index (χ4v) is 5.07. The number of carbonyl (C=O) groups is 1. The van der Waals surface area contributed by atoms with Crippen LogP contribution in [0, 0.1) is 31.0 Å². The van der Waals surface area contributed by atoms with E-state index in [4.69, 9.17) is 14.3 Å². The number of rotatable bonds is 9. The van der Waals surface area contributed by atoms with Crippen molar-refractivity contribution in [1.82, 2.24) is 4.98 Å². The highest BCUT2D eigenvalue weighted by molar-refractivity contribution is 5.72. The maximum absolute atomic E-state index is 14.6. The van der Waals surface area contributed by atoms with Gasteiger partial charge in [0.2, 0.25) is 5.88 Å². The van der Waals surface area contributed by atoms with Crippen LogP contribution in [0.2, 0.25) is 0 Å². The van der Waals surface area contributed by atoms with Gasteiger partial charge in [-0.2, -0.15) is 0 Å². The Morgan fingerprint density at radius 3 is 2.46 bits per heavy atom. The summed E-state index contributed by atoms with van der Waals surface area (Å²) in [5.41, 5.74) is 6.35. The molecular formula is C30H34FNO5. The zero-order valence-electron chi connectivity index (χ0n) is 21.6. The Morgan fingerprint density at radius 1 is 1.08 bits per heavy atom. The Hall–Kier alpha value is -3.29. The van der Waals surface area contributed by atoms with Crippen LogP contribution in [0.4, 0.5) is 4.39 Å². The first-order chi connectivity index (χ1) is 17.8. The summed E-state index contributed by atoms with van der Waals surface area (Å²) in [4.78, 5) is 12.4. The molecule has 1 saturated carbocycles. The van der Waals surface area contributed by atoms with Crippen LogP contribution in [0.5, 0.6) is 11.6 Å². The molecule has 1 fully saturated rings. The van der Waals surface area contributed by atoms with Crippen LogP contribution in [0.1, 0.15) is 47.1 Å². The summed E-state index contributed by atoms with van der Waals surface area (Å²) in [6, 6.07) is 11.0. The Labute approximate surface area is 217 Å². The molecule has 0 spiro atoms. The minimum atomic E-state index is -0.708. The number of aliphatic hydroxyl groups excluding tert-OH is 2. The SMILES string of the molecule is C=O.Cc1cc(OCC(C)(CO)CO)cc(C)c1-c1ccc(F)c(COc2cc3c(cn2)C2CC2C3)c1. The van der Waals surface area contributed by atoms with Gasteiger partial charge in [0.05, 0.1) is 19.8 Å². The Bertz CT molecular complexity index is 1250. The Balaban J connectivity index is 0.00000156. The third-order valence-corrected chi connectivity index (χ3v) is 7.37. The molecule has 7 heteroatoms. The fourth-order valence-electron chi connectivity index (χ4n) is 5.07. The molecule has 6 nitrogen and oxygen atoms in total. The van der Waals surface area contributed by atoms with Gasteiger partial charge >= 0.3 is 0 Å². The maximum Gasteiger partial charge on any atom is 0.213 e. The lowest BCUT2D eigenvalue weighted by molar-refractivity contribution is -0.0980. The highest BCUT2D eigenvalue weighted by Gasteiger charge is 2.45. The summed E-state index contributed by atoms with van der Waals surface area (Å²) in [5, 5.41) is 19.0. The number of halogens is 1. The molecule has 37 heavy (non-hydrogen) atoms. The van der Waals surface area contributed by atoms with Gasteiger partial charge in [-0.1, -0.05) is 13.0 Å². The first-order valence-corrected chi connectivity index (χ1v) is 12.5. The van der Waals surface area contributed by atoms with Crippen molar-refractivity contribution in [2.24, 2.45) is 11.3 Å². The Kier molecular flexibility index (Phi) is 7.95. The monoisotopic (exact) mass is 507 g/mol. The first kappa shape index (κ1) is 26.8. The van der Waals surface area contributed by atoms with Crippen molar-refractivity contribution in [3.8, 4) is 22.8 Å². The third kappa shape index (κ3) is 5.68. The highest BCUT2D eigenvalue weighted by atomic mass is 19.1. The van der Waals surface area contributed by atoms with Crippen molar-refractivity contribution in [1.29, 1.82) is 0 Å². The number of carbonyl (C=O) groups excluding carboxylic acids is 1. The Morgan fingerprint density at radius 2 is 1.78 bits per heavy atom. The predicted molar refractivity (Wildman–Crippen MR) is 139 cm³/mol. The lowest BCUT2D eigenvalue weighted by atomic mass is 9.93. The van der Waals surface area contributed by atoms with Crippen molar-refractivity contribution in [2.75, 3.05) is 19.8 Å². The number of fused-ring (bicyclic) bond motifs is 3. The molecule has 1 aromatic heterocycles. The molecule has 0 amide bonds. The van der Waals surface area contributed by atoms with Crippen LogP contribution in [0.3, 0.4) is 0 Å². The molecule has 1 heterocycles. The molecule has 196 valence electrons. The van der Waals surface area contributed by atoms with Gasteiger partial charge in [0.15, 0.2) is 0 Å². The van der Waals surface area contributed by atoms with Gasteiger partial charge in [-0.15, -0.1) is 0 Å². The lowest BCUT2D eigenvalue weighted by Crippen LogP contribution is -2.33. The van der Waals surface area contributed by atoms with E-state index in [0.29, 0.717) is 23.1 Å². The van der Waals surface area contributed by atoms with Crippen molar-refractivity contribution in [2.45, 2.75) is 46.1 Å². The normalized spacial score (nSPS) is 17.4. The standard InChI is InChI=1S/C29H32FNO4.CH2O/c1-17-6-23(35-16-29(3,14-32)15-33)7-18(2)28(17)19-4-5-26(30)22(8-19)13-34-27-11-21-9-20-10-24(20)25(21)12-31-27;1-2/h4-8,11-12,20,24,32-33H,9-10,13-16H2,1-3H3;1H2. The van der Waals surface area contributed by atoms with Gasteiger partial charge < -0.3 is 24.5 Å². The number of aryl methyl sites for hydroxylation is 2. The summed E-state index contributed by atoms with van der Waals surface area (Å²) >= 11 is 0. The molecule has 2 aliphatic rings. The lowest BCUT2D eigenvalue weighted by Gasteiger charge is -2.25. The maximum atomic E-state index is 14.6. The van der Waals surface area contributed by atoms with E-state index in [1.807, 2.05) is 51.1 Å². The number of hydrogen-bond donors (Lipinski definition) is 2. The minimum Gasteiger partial charge on any atom is -0.493 e. The van der Waals surface area contributed by atoms with Crippen molar-refractivity contribution >= 4 is 6.79 Å². The van der Waals surface area contributed by atoms with E-state index in [9.17, 15) is 14.6 Å². The van der Waals surface area contributed by atoms with Crippen molar-refractivity contribution in [3.05, 3.63) is 76.2 Å². The van der Waals surface area contributed by atoms with Crippen molar-refractivity contribution in [3.63, 3.8) is 0 Å². The summed E-state index contributed by atoms with van der Waals surface area (Å²) < 4.78 is 26.4.